The Bertz CT molecular complexity index is 1470. The van der Waals surface area contributed by atoms with Crippen molar-refractivity contribution in [2.24, 2.45) is 5.10 Å². The van der Waals surface area contributed by atoms with Gasteiger partial charge < -0.3 is 9.47 Å². The number of halogens is 1. The van der Waals surface area contributed by atoms with Crippen molar-refractivity contribution in [1.82, 2.24) is 4.98 Å². The fourth-order valence-corrected chi connectivity index (χ4v) is 3.87. The smallest absolute Gasteiger partial charge is 0.162 e. The highest BCUT2D eigenvalue weighted by molar-refractivity contribution is 6.31. The van der Waals surface area contributed by atoms with E-state index in [0.29, 0.717) is 29.7 Å². The lowest BCUT2D eigenvalue weighted by Crippen LogP contribution is -2.01. The van der Waals surface area contributed by atoms with Gasteiger partial charge in [0.25, 0.3) is 0 Å². The van der Waals surface area contributed by atoms with Crippen LogP contribution >= 0.6 is 11.6 Å². The van der Waals surface area contributed by atoms with Crippen molar-refractivity contribution in [2.75, 3.05) is 5.43 Å². The van der Waals surface area contributed by atoms with E-state index in [1.807, 2.05) is 103 Å². The third-order valence-electron chi connectivity index (χ3n) is 5.55. The monoisotopic (exact) mass is 493 g/mol. The lowest BCUT2D eigenvalue weighted by atomic mass is 10.2. The van der Waals surface area contributed by atoms with Crippen LogP contribution in [0, 0.1) is 0 Å². The Morgan fingerprint density at radius 3 is 2.17 bits per heavy atom. The zero-order valence-corrected chi connectivity index (χ0v) is 20.2. The van der Waals surface area contributed by atoms with Crippen molar-refractivity contribution < 1.29 is 9.47 Å². The molecule has 178 valence electrons. The first-order valence-corrected chi connectivity index (χ1v) is 11.9. The molecule has 0 amide bonds. The van der Waals surface area contributed by atoms with E-state index in [9.17, 15) is 0 Å². The standard InChI is InChI=1S/C30H24ClN3O2/c31-25-12-13-26-27(15-16-32-28(26)18-25)34-33-19-24-11-14-29(35-20-22-7-3-1-4-8-22)30(17-24)36-21-23-9-5-2-6-10-23/h1-19H,20-21H2,(H,32,34)/b33-19+. The Hall–Kier alpha value is -4.35. The molecule has 0 spiro atoms. The van der Waals surface area contributed by atoms with Gasteiger partial charge in [0.2, 0.25) is 0 Å². The normalized spacial score (nSPS) is 11.0. The van der Waals surface area contributed by atoms with Crippen LogP contribution in [0.5, 0.6) is 11.5 Å². The minimum absolute atomic E-state index is 0.437. The summed E-state index contributed by atoms with van der Waals surface area (Å²) >= 11 is 6.09. The van der Waals surface area contributed by atoms with E-state index >= 15 is 0 Å². The van der Waals surface area contributed by atoms with E-state index in [1.54, 1.807) is 12.4 Å². The van der Waals surface area contributed by atoms with E-state index < -0.39 is 0 Å². The van der Waals surface area contributed by atoms with Crippen LogP contribution in [-0.4, -0.2) is 11.2 Å². The van der Waals surface area contributed by atoms with Crippen LogP contribution in [0.25, 0.3) is 10.9 Å². The molecule has 0 atom stereocenters. The second kappa shape index (κ2) is 11.4. The van der Waals surface area contributed by atoms with Crippen LogP contribution in [0.1, 0.15) is 16.7 Å². The fraction of sp³-hybridized carbons (Fsp3) is 0.0667. The fourth-order valence-electron chi connectivity index (χ4n) is 3.70. The molecule has 5 rings (SSSR count). The summed E-state index contributed by atoms with van der Waals surface area (Å²) in [6, 6.07) is 33.4. The van der Waals surface area contributed by atoms with Crippen molar-refractivity contribution in [3.8, 4) is 11.5 Å². The zero-order valence-electron chi connectivity index (χ0n) is 19.5. The number of nitrogens with one attached hydrogen (secondary N) is 1. The molecule has 0 aliphatic carbocycles. The molecule has 0 fully saturated rings. The highest BCUT2D eigenvalue weighted by Crippen LogP contribution is 2.30. The minimum atomic E-state index is 0.437. The molecule has 0 aliphatic rings. The van der Waals surface area contributed by atoms with E-state index in [2.05, 4.69) is 15.5 Å². The van der Waals surface area contributed by atoms with Crippen LogP contribution < -0.4 is 14.9 Å². The molecular weight excluding hydrogens is 470 g/mol. The average molecular weight is 494 g/mol. The number of hydrogen-bond acceptors (Lipinski definition) is 5. The summed E-state index contributed by atoms with van der Waals surface area (Å²) in [6.45, 7) is 0.892. The molecule has 0 saturated carbocycles. The van der Waals surface area contributed by atoms with Gasteiger partial charge in [-0.05, 0) is 59.2 Å². The lowest BCUT2D eigenvalue weighted by Gasteiger charge is -2.14. The molecule has 0 aliphatic heterocycles. The maximum atomic E-state index is 6.16. The van der Waals surface area contributed by atoms with Crippen LogP contribution in [-0.2, 0) is 13.2 Å². The molecule has 5 aromatic rings. The number of benzene rings is 4. The number of fused-ring (bicyclic) bond motifs is 1. The summed E-state index contributed by atoms with van der Waals surface area (Å²) in [5.74, 6) is 1.33. The molecule has 0 saturated heterocycles. The third-order valence-corrected chi connectivity index (χ3v) is 5.78. The molecule has 1 N–H and O–H groups in total. The van der Waals surface area contributed by atoms with Gasteiger partial charge in [-0.15, -0.1) is 0 Å². The highest BCUT2D eigenvalue weighted by Gasteiger charge is 2.08. The average Bonchev–Trinajstić information content (AvgIpc) is 2.92. The number of nitrogens with zero attached hydrogens (tertiary/aromatic N) is 2. The Labute approximate surface area is 215 Å². The molecule has 0 radical (unpaired) electrons. The second-order valence-electron chi connectivity index (χ2n) is 8.14. The molecule has 6 heteroatoms. The molecule has 0 unspecified atom stereocenters. The van der Waals surface area contributed by atoms with Crippen LogP contribution in [0.3, 0.4) is 0 Å². The van der Waals surface area contributed by atoms with Crippen molar-refractivity contribution in [3.05, 3.63) is 131 Å². The van der Waals surface area contributed by atoms with Crippen molar-refractivity contribution in [3.63, 3.8) is 0 Å². The number of hydrogen-bond donors (Lipinski definition) is 1. The Morgan fingerprint density at radius 1 is 0.750 bits per heavy atom. The van der Waals surface area contributed by atoms with Crippen molar-refractivity contribution >= 4 is 34.4 Å². The highest BCUT2D eigenvalue weighted by atomic mass is 35.5. The Morgan fingerprint density at radius 2 is 1.44 bits per heavy atom. The summed E-state index contributed by atoms with van der Waals surface area (Å²) in [7, 11) is 0. The molecule has 36 heavy (non-hydrogen) atoms. The molecule has 4 aromatic carbocycles. The molecule has 5 nitrogen and oxygen atoms in total. The lowest BCUT2D eigenvalue weighted by molar-refractivity contribution is 0.256. The number of hydrazone groups is 1. The first-order valence-electron chi connectivity index (χ1n) is 11.6. The van der Waals surface area contributed by atoms with Gasteiger partial charge in [-0.25, -0.2) is 0 Å². The number of anilines is 1. The summed E-state index contributed by atoms with van der Waals surface area (Å²) < 4.78 is 12.3. The van der Waals surface area contributed by atoms with Gasteiger partial charge in [0.05, 0.1) is 17.4 Å². The predicted molar refractivity (Wildman–Crippen MR) is 146 cm³/mol. The van der Waals surface area contributed by atoms with Gasteiger partial charge in [0.15, 0.2) is 11.5 Å². The summed E-state index contributed by atoms with van der Waals surface area (Å²) in [4.78, 5) is 4.37. The van der Waals surface area contributed by atoms with Gasteiger partial charge in [-0.3, -0.25) is 10.4 Å². The number of rotatable bonds is 9. The first kappa shape index (κ1) is 23.4. The van der Waals surface area contributed by atoms with E-state index in [1.165, 1.54) is 0 Å². The minimum Gasteiger partial charge on any atom is -0.485 e. The van der Waals surface area contributed by atoms with Gasteiger partial charge in [0.1, 0.15) is 13.2 Å². The zero-order chi connectivity index (χ0) is 24.6. The van der Waals surface area contributed by atoms with E-state index in [4.69, 9.17) is 21.1 Å². The van der Waals surface area contributed by atoms with Gasteiger partial charge >= 0.3 is 0 Å². The summed E-state index contributed by atoms with van der Waals surface area (Å²) in [5.41, 5.74) is 7.80. The Balaban J connectivity index is 1.34. The maximum Gasteiger partial charge on any atom is 0.162 e. The molecular formula is C30H24ClN3O2. The van der Waals surface area contributed by atoms with E-state index in [-0.39, 0.29) is 0 Å². The quantitative estimate of drug-likeness (QED) is 0.171. The van der Waals surface area contributed by atoms with Gasteiger partial charge in [-0.1, -0.05) is 72.3 Å². The predicted octanol–water partition coefficient (Wildman–Crippen LogP) is 7.49. The summed E-state index contributed by atoms with van der Waals surface area (Å²) in [5, 5.41) is 6.02. The van der Waals surface area contributed by atoms with Crippen molar-refractivity contribution in [1.29, 1.82) is 0 Å². The molecule has 1 heterocycles. The van der Waals surface area contributed by atoms with Crippen molar-refractivity contribution in [2.45, 2.75) is 13.2 Å². The molecule has 1 aromatic heterocycles. The topological polar surface area (TPSA) is 55.7 Å². The van der Waals surface area contributed by atoms with Crippen LogP contribution in [0.2, 0.25) is 5.02 Å². The van der Waals surface area contributed by atoms with Crippen LogP contribution in [0.15, 0.2) is 114 Å². The first-order chi connectivity index (χ1) is 17.7. The maximum absolute atomic E-state index is 6.16. The Kier molecular flexibility index (Phi) is 7.40. The third kappa shape index (κ3) is 6.01. The second-order valence-corrected chi connectivity index (χ2v) is 8.58. The molecule has 0 bridgehead atoms. The number of aromatic nitrogens is 1. The van der Waals surface area contributed by atoms with Gasteiger partial charge in [0, 0.05) is 16.6 Å². The summed E-state index contributed by atoms with van der Waals surface area (Å²) in [6.07, 6.45) is 3.48. The number of ether oxygens (including phenoxy) is 2. The van der Waals surface area contributed by atoms with Gasteiger partial charge in [-0.2, -0.15) is 5.10 Å². The van der Waals surface area contributed by atoms with E-state index in [0.717, 1.165) is 33.3 Å². The largest absolute Gasteiger partial charge is 0.485 e. The SMILES string of the molecule is Clc1ccc2c(N/N=C/c3ccc(OCc4ccccc4)c(OCc4ccccc4)c3)ccnc2c1. The van der Waals surface area contributed by atoms with Crippen LogP contribution in [0.4, 0.5) is 5.69 Å². The number of pyridine rings is 1.